The Morgan fingerprint density at radius 1 is 1.09 bits per heavy atom. The van der Waals surface area contributed by atoms with Crippen LogP contribution in [0.25, 0.3) is 5.65 Å². The summed E-state index contributed by atoms with van der Waals surface area (Å²) in [6.07, 6.45) is 5.28. The molecule has 0 bridgehead atoms. The molecule has 33 heavy (non-hydrogen) atoms. The van der Waals surface area contributed by atoms with Gasteiger partial charge in [-0.05, 0) is 25.0 Å². The summed E-state index contributed by atoms with van der Waals surface area (Å²) in [7, 11) is 2.93. The molecule has 2 heterocycles. The second-order valence-corrected chi connectivity index (χ2v) is 7.81. The molecular formula is C24H25N3O6. The van der Waals surface area contributed by atoms with E-state index in [1.54, 1.807) is 30.5 Å². The van der Waals surface area contributed by atoms with Crippen molar-refractivity contribution in [2.24, 2.45) is 5.92 Å². The van der Waals surface area contributed by atoms with E-state index >= 15 is 0 Å². The molecule has 4 rings (SSSR count). The van der Waals surface area contributed by atoms with Crippen molar-refractivity contribution >= 4 is 23.2 Å². The molecule has 1 aromatic carbocycles. The van der Waals surface area contributed by atoms with Crippen molar-refractivity contribution in [3.05, 3.63) is 64.2 Å². The third kappa shape index (κ3) is 4.82. The number of esters is 1. The average Bonchev–Trinajstić information content (AvgIpc) is 3.37. The molecule has 1 N–H and O–H groups in total. The summed E-state index contributed by atoms with van der Waals surface area (Å²) in [6.45, 7) is -0.205. The number of nitrogens with one attached hydrogen (secondary N) is 1. The Morgan fingerprint density at radius 3 is 2.55 bits per heavy atom. The number of pyridine rings is 1. The number of rotatable bonds is 7. The van der Waals surface area contributed by atoms with Gasteiger partial charge in [-0.15, -0.1) is 0 Å². The van der Waals surface area contributed by atoms with Crippen LogP contribution in [0.3, 0.4) is 0 Å². The van der Waals surface area contributed by atoms with Crippen LogP contribution in [0.2, 0.25) is 0 Å². The highest BCUT2D eigenvalue weighted by Gasteiger charge is 2.26. The molecular weight excluding hydrogens is 426 g/mol. The molecule has 9 nitrogen and oxygen atoms in total. The summed E-state index contributed by atoms with van der Waals surface area (Å²) in [4.78, 5) is 42.3. The second-order valence-electron chi connectivity index (χ2n) is 7.81. The first-order valence-electron chi connectivity index (χ1n) is 10.7. The topological polar surface area (TPSA) is 108 Å². The molecule has 9 heteroatoms. The summed E-state index contributed by atoms with van der Waals surface area (Å²) in [5, 5.41) is 2.85. The van der Waals surface area contributed by atoms with Gasteiger partial charge in [0.2, 0.25) is 5.91 Å². The molecule has 0 radical (unpaired) electrons. The number of carbonyl (C=O) groups excluding carboxylic acids is 2. The zero-order valence-electron chi connectivity index (χ0n) is 18.5. The Balaban J connectivity index is 1.58. The van der Waals surface area contributed by atoms with Crippen LogP contribution in [-0.4, -0.2) is 35.5 Å². The van der Waals surface area contributed by atoms with Crippen LogP contribution in [0.5, 0.6) is 11.5 Å². The van der Waals surface area contributed by atoms with E-state index in [9.17, 15) is 14.4 Å². The molecule has 1 fully saturated rings. The second kappa shape index (κ2) is 9.72. The van der Waals surface area contributed by atoms with E-state index < -0.39 is 5.97 Å². The van der Waals surface area contributed by atoms with E-state index in [0.717, 1.165) is 25.7 Å². The van der Waals surface area contributed by atoms with Crippen LogP contribution in [0.4, 0.5) is 5.69 Å². The van der Waals surface area contributed by atoms with Gasteiger partial charge < -0.3 is 19.5 Å². The summed E-state index contributed by atoms with van der Waals surface area (Å²) >= 11 is 0. The maximum absolute atomic E-state index is 13.0. The van der Waals surface area contributed by atoms with Gasteiger partial charge in [-0.1, -0.05) is 18.9 Å². The van der Waals surface area contributed by atoms with E-state index in [4.69, 9.17) is 14.2 Å². The van der Waals surface area contributed by atoms with E-state index in [1.807, 2.05) is 0 Å². The van der Waals surface area contributed by atoms with Gasteiger partial charge in [0.1, 0.15) is 12.3 Å². The summed E-state index contributed by atoms with van der Waals surface area (Å²) in [6, 6.07) is 9.52. The number of nitrogens with zero attached hydrogens (tertiary/aromatic N) is 2. The van der Waals surface area contributed by atoms with Crippen molar-refractivity contribution in [3.8, 4) is 11.5 Å². The molecule has 0 unspecified atom stereocenters. The minimum Gasteiger partial charge on any atom is -0.493 e. The lowest BCUT2D eigenvalue weighted by molar-refractivity contribution is -0.119. The number of hydrogen-bond donors (Lipinski definition) is 1. The van der Waals surface area contributed by atoms with Crippen molar-refractivity contribution < 1.29 is 23.8 Å². The largest absolute Gasteiger partial charge is 0.493 e. The molecule has 1 aliphatic rings. The van der Waals surface area contributed by atoms with E-state index in [-0.39, 0.29) is 35.2 Å². The summed E-state index contributed by atoms with van der Waals surface area (Å²) in [5.74, 6) is -0.215. The number of carbonyl (C=O) groups is 2. The third-order valence-corrected chi connectivity index (χ3v) is 5.70. The fraction of sp³-hybridized carbons (Fsp3) is 0.333. The Kier molecular flexibility index (Phi) is 6.58. The molecule has 0 aliphatic heterocycles. The number of anilines is 1. The predicted octanol–water partition coefficient (Wildman–Crippen LogP) is 3.20. The van der Waals surface area contributed by atoms with E-state index in [0.29, 0.717) is 22.8 Å². The van der Waals surface area contributed by atoms with Gasteiger partial charge in [0.25, 0.3) is 5.56 Å². The first kappa shape index (κ1) is 22.3. The highest BCUT2D eigenvalue weighted by molar-refractivity contribution is 6.02. The minimum atomic E-state index is -0.687. The van der Waals surface area contributed by atoms with E-state index in [1.165, 1.54) is 30.8 Å². The Bertz CT molecular complexity index is 1250. The maximum atomic E-state index is 13.0. The van der Waals surface area contributed by atoms with Crippen molar-refractivity contribution in [1.29, 1.82) is 0 Å². The smallest absolute Gasteiger partial charge is 0.340 e. The zero-order valence-corrected chi connectivity index (χ0v) is 18.5. The first-order chi connectivity index (χ1) is 16.0. The van der Waals surface area contributed by atoms with Gasteiger partial charge >= 0.3 is 5.97 Å². The normalized spacial score (nSPS) is 13.6. The van der Waals surface area contributed by atoms with Crippen LogP contribution < -0.4 is 20.3 Å². The molecule has 2 aromatic heterocycles. The third-order valence-electron chi connectivity index (χ3n) is 5.70. The average molecular weight is 451 g/mol. The summed E-state index contributed by atoms with van der Waals surface area (Å²) in [5.41, 5.74) is 0.892. The molecule has 172 valence electrons. The molecule has 1 amide bonds. The number of methoxy groups -OCH3 is 2. The molecule has 0 atom stereocenters. The molecule has 1 aliphatic carbocycles. The number of fused-ring (bicyclic) bond motifs is 1. The lowest BCUT2D eigenvalue weighted by atomic mass is 10.1. The van der Waals surface area contributed by atoms with Crippen LogP contribution in [-0.2, 0) is 16.1 Å². The zero-order chi connectivity index (χ0) is 23.4. The highest BCUT2D eigenvalue weighted by Crippen LogP contribution is 2.35. The lowest BCUT2D eigenvalue weighted by Gasteiger charge is -2.17. The van der Waals surface area contributed by atoms with Gasteiger partial charge in [-0.2, -0.15) is 0 Å². The molecule has 1 saturated carbocycles. The van der Waals surface area contributed by atoms with Gasteiger partial charge in [-0.3, -0.25) is 14.0 Å². The Labute approximate surface area is 190 Å². The minimum absolute atomic E-state index is 0.0864. The van der Waals surface area contributed by atoms with Gasteiger partial charge in [0.05, 0.1) is 31.2 Å². The number of ether oxygens (including phenoxy) is 3. The van der Waals surface area contributed by atoms with Crippen LogP contribution in [0.1, 0.15) is 41.7 Å². The Morgan fingerprint density at radius 2 is 1.82 bits per heavy atom. The summed E-state index contributed by atoms with van der Waals surface area (Å²) < 4.78 is 17.5. The van der Waals surface area contributed by atoms with Gasteiger partial charge in [0.15, 0.2) is 11.5 Å². The van der Waals surface area contributed by atoms with Crippen molar-refractivity contribution in [2.75, 3.05) is 19.5 Å². The number of benzene rings is 1. The van der Waals surface area contributed by atoms with Crippen LogP contribution in [0, 0.1) is 5.92 Å². The Hall–Kier alpha value is -3.88. The quantitative estimate of drug-likeness (QED) is 0.550. The fourth-order valence-corrected chi connectivity index (χ4v) is 3.97. The first-order valence-corrected chi connectivity index (χ1v) is 10.7. The molecule has 0 spiro atoms. The fourth-order valence-electron chi connectivity index (χ4n) is 3.97. The molecule has 0 saturated heterocycles. The van der Waals surface area contributed by atoms with Crippen molar-refractivity contribution in [1.82, 2.24) is 9.38 Å². The van der Waals surface area contributed by atoms with Crippen LogP contribution >= 0.6 is 0 Å². The number of hydrogen-bond acceptors (Lipinski definition) is 7. The standard InChI is InChI=1S/C24H25N3O6/c1-31-19-12-17(18(13-20(19)32-2)26-23(29)15-7-3-4-8-15)24(30)33-14-16-11-22(28)27-10-6-5-9-21(27)25-16/h5-6,9-13,15H,3-4,7-8,14H2,1-2H3,(H,26,29). The van der Waals surface area contributed by atoms with Crippen molar-refractivity contribution in [3.63, 3.8) is 0 Å². The van der Waals surface area contributed by atoms with Crippen molar-refractivity contribution in [2.45, 2.75) is 32.3 Å². The molecule has 3 aromatic rings. The van der Waals surface area contributed by atoms with E-state index in [2.05, 4.69) is 10.3 Å². The monoisotopic (exact) mass is 451 g/mol. The highest BCUT2D eigenvalue weighted by atomic mass is 16.5. The maximum Gasteiger partial charge on any atom is 0.340 e. The SMILES string of the molecule is COc1cc(NC(=O)C2CCCC2)c(C(=O)OCc2cc(=O)n3ccccc3n2)cc1OC. The lowest BCUT2D eigenvalue weighted by Crippen LogP contribution is -2.22. The van der Waals surface area contributed by atoms with Crippen LogP contribution in [0.15, 0.2) is 47.4 Å². The number of amides is 1. The van der Waals surface area contributed by atoms with Gasteiger partial charge in [0, 0.05) is 30.3 Å². The van der Waals surface area contributed by atoms with Gasteiger partial charge in [-0.25, -0.2) is 9.78 Å². The predicted molar refractivity (Wildman–Crippen MR) is 121 cm³/mol. The number of aromatic nitrogens is 2.